The monoisotopic (exact) mass is 286 g/mol. The molecule has 1 aromatic carbocycles. The molecule has 1 saturated carbocycles. The average molecular weight is 286 g/mol. The zero-order valence-electron chi connectivity index (χ0n) is 12.4. The first-order chi connectivity index (χ1) is 10.1. The number of anilines is 1. The quantitative estimate of drug-likeness (QED) is 0.906. The van der Waals surface area contributed by atoms with Gasteiger partial charge in [0.05, 0.1) is 5.92 Å². The van der Waals surface area contributed by atoms with Crippen LogP contribution in [0.4, 0.5) is 5.69 Å². The van der Waals surface area contributed by atoms with E-state index in [1.807, 2.05) is 23.1 Å². The Kier molecular flexibility index (Phi) is 3.70. The zero-order valence-corrected chi connectivity index (χ0v) is 12.4. The first-order valence-corrected chi connectivity index (χ1v) is 7.80. The van der Waals surface area contributed by atoms with E-state index in [0.717, 1.165) is 37.8 Å². The minimum atomic E-state index is -0.326. The van der Waals surface area contributed by atoms with E-state index >= 15 is 0 Å². The summed E-state index contributed by atoms with van der Waals surface area (Å²) < 4.78 is 0. The maximum atomic E-state index is 13.0. The van der Waals surface area contributed by atoms with E-state index in [4.69, 9.17) is 5.73 Å². The summed E-state index contributed by atoms with van der Waals surface area (Å²) in [5.74, 6) is -0.791. The second kappa shape index (κ2) is 5.51. The van der Waals surface area contributed by atoms with Crippen molar-refractivity contribution in [2.24, 2.45) is 17.6 Å². The van der Waals surface area contributed by atoms with Crippen molar-refractivity contribution < 1.29 is 9.59 Å². The molecule has 3 rings (SSSR count). The molecular weight excluding hydrogens is 264 g/mol. The van der Waals surface area contributed by atoms with Gasteiger partial charge in [-0.2, -0.15) is 0 Å². The van der Waals surface area contributed by atoms with Crippen molar-refractivity contribution in [3.8, 4) is 0 Å². The lowest BCUT2D eigenvalue weighted by Gasteiger charge is -2.33. The van der Waals surface area contributed by atoms with Gasteiger partial charge in [0.15, 0.2) is 0 Å². The Balaban J connectivity index is 1.89. The number of hydrogen-bond acceptors (Lipinski definition) is 2. The van der Waals surface area contributed by atoms with Gasteiger partial charge in [-0.15, -0.1) is 0 Å². The van der Waals surface area contributed by atoms with E-state index < -0.39 is 0 Å². The highest BCUT2D eigenvalue weighted by Gasteiger charge is 2.40. The van der Waals surface area contributed by atoms with E-state index in [9.17, 15) is 9.59 Å². The number of primary amides is 1. The molecule has 0 aromatic heterocycles. The van der Waals surface area contributed by atoms with Crippen LogP contribution in [0.5, 0.6) is 0 Å². The van der Waals surface area contributed by atoms with Gasteiger partial charge in [0.2, 0.25) is 11.8 Å². The van der Waals surface area contributed by atoms with Crippen molar-refractivity contribution in [3.63, 3.8) is 0 Å². The van der Waals surface area contributed by atoms with Gasteiger partial charge in [-0.1, -0.05) is 31.0 Å². The lowest BCUT2D eigenvalue weighted by Crippen LogP contribution is -2.46. The minimum absolute atomic E-state index is 0.0796. The topological polar surface area (TPSA) is 63.4 Å². The fourth-order valence-corrected chi connectivity index (χ4v) is 3.85. The van der Waals surface area contributed by atoms with Crippen molar-refractivity contribution in [2.75, 3.05) is 4.90 Å². The normalized spacial score (nSPS) is 28.2. The van der Waals surface area contributed by atoms with Crippen molar-refractivity contribution in [2.45, 2.75) is 45.1 Å². The molecule has 1 fully saturated rings. The highest BCUT2D eigenvalue weighted by Crippen LogP contribution is 2.37. The van der Waals surface area contributed by atoms with Gasteiger partial charge in [0, 0.05) is 17.6 Å². The number of carbonyl (C=O) groups is 2. The molecule has 2 aliphatic rings. The molecule has 1 heterocycles. The maximum Gasteiger partial charge on any atom is 0.231 e. The first kappa shape index (κ1) is 14.1. The van der Waals surface area contributed by atoms with Crippen molar-refractivity contribution in [1.29, 1.82) is 0 Å². The molecule has 112 valence electrons. The predicted octanol–water partition coefficient (Wildman–Crippen LogP) is 2.26. The van der Waals surface area contributed by atoms with Gasteiger partial charge in [-0.05, 0) is 37.8 Å². The molecule has 0 spiro atoms. The lowest BCUT2D eigenvalue weighted by molar-refractivity contribution is -0.133. The Bertz CT molecular complexity index is 570. The SMILES string of the molecule is C[C@@H]1Cc2ccccc2N1C(=O)[C@H]1CCCC[C@H]1C(N)=O. The van der Waals surface area contributed by atoms with Crippen molar-refractivity contribution in [1.82, 2.24) is 0 Å². The average Bonchev–Trinajstić information content (AvgIpc) is 2.82. The predicted molar refractivity (Wildman–Crippen MR) is 81.7 cm³/mol. The third-order valence-corrected chi connectivity index (χ3v) is 4.89. The zero-order chi connectivity index (χ0) is 15.0. The van der Waals surface area contributed by atoms with Crippen LogP contribution in [0.3, 0.4) is 0 Å². The molecule has 0 bridgehead atoms. The number of rotatable bonds is 2. The molecule has 4 nitrogen and oxygen atoms in total. The largest absolute Gasteiger partial charge is 0.369 e. The molecule has 0 saturated heterocycles. The standard InChI is InChI=1S/C17H22N2O2/c1-11-10-12-6-2-5-9-15(12)19(11)17(21)14-8-4-3-7-13(14)16(18)20/h2,5-6,9,11,13-14H,3-4,7-8,10H2,1H3,(H2,18,20)/t11-,13-,14+/m1/s1. The molecular formula is C17H22N2O2. The summed E-state index contributed by atoms with van der Waals surface area (Å²) in [5, 5.41) is 0. The molecule has 1 aromatic rings. The van der Waals surface area contributed by atoms with E-state index in [1.165, 1.54) is 5.56 Å². The second-order valence-electron chi connectivity index (χ2n) is 6.29. The smallest absolute Gasteiger partial charge is 0.231 e. The number of hydrogen-bond donors (Lipinski definition) is 1. The summed E-state index contributed by atoms with van der Waals surface area (Å²) in [6.07, 6.45) is 4.40. The Labute approximate surface area is 125 Å². The molecule has 21 heavy (non-hydrogen) atoms. The lowest BCUT2D eigenvalue weighted by atomic mass is 9.78. The van der Waals surface area contributed by atoms with Crippen molar-refractivity contribution >= 4 is 17.5 Å². The van der Waals surface area contributed by atoms with Gasteiger partial charge in [0.25, 0.3) is 0 Å². The van der Waals surface area contributed by atoms with Crippen LogP contribution in [0.15, 0.2) is 24.3 Å². The fourth-order valence-electron chi connectivity index (χ4n) is 3.85. The Morgan fingerprint density at radius 2 is 1.81 bits per heavy atom. The number of nitrogens with zero attached hydrogens (tertiary/aromatic N) is 1. The number of fused-ring (bicyclic) bond motifs is 1. The summed E-state index contributed by atoms with van der Waals surface area (Å²) in [7, 11) is 0. The van der Waals surface area contributed by atoms with Crippen LogP contribution in [0, 0.1) is 11.8 Å². The van der Waals surface area contributed by atoms with Gasteiger partial charge < -0.3 is 10.6 Å². The van der Waals surface area contributed by atoms with E-state index in [2.05, 4.69) is 13.0 Å². The first-order valence-electron chi connectivity index (χ1n) is 7.80. The Morgan fingerprint density at radius 1 is 1.14 bits per heavy atom. The summed E-state index contributed by atoms with van der Waals surface area (Å²) in [6.45, 7) is 2.07. The van der Waals surface area contributed by atoms with E-state index in [1.54, 1.807) is 0 Å². The molecule has 2 amide bonds. The molecule has 1 aliphatic carbocycles. The number of carbonyl (C=O) groups excluding carboxylic acids is 2. The van der Waals surface area contributed by atoms with Crippen LogP contribution in [-0.4, -0.2) is 17.9 Å². The molecule has 3 atom stereocenters. The number of para-hydroxylation sites is 1. The summed E-state index contributed by atoms with van der Waals surface area (Å²) in [4.78, 5) is 26.6. The Morgan fingerprint density at radius 3 is 2.52 bits per heavy atom. The molecule has 0 radical (unpaired) electrons. The summed E-state index contributed by atoms with van der Waals surface area (Å²) >= 11 is 0. The van der Waals surface area contributed by atoms with Crippen LogP contribution in [0.25, 0.3) is 0 Å². The number of benzene rings is 1. The van der Waals surface area contributed by atoms with Crippen LogP contribution < -0.4 is 10.6 Å². The van der Waals surface area contributed by atoms with Gasteiger partial charge in [0.1, 0.15) is 0 Å². The van der Waals surface area contributed by atoms with E-state index in [-0.39, 0.29) is 29.7 Å². The third-order valence-electron chi connectivity index (χ3n) is 4.89. The number of amides is 2. The van der Waals surface area contributed by atoms with E-state index in [0.29, 0.717) is 0 Å². The number of nitrogens with two attached hydrogens (primary N) is 1. The van der Waals surface area contributed by atoms with Crippen LogP contribution in [-0.2, 0) is 16.0 Å². The van der Waals surface area contributed by atoms with Gasteiger partial charge >= 0.3 is 0 Å². The van der Waals surface area contributed by atoms with Crippen LogP contribution in [0.2, 0.25) is 0 Å². The van der Waals surface area contributed by atoms with Crippen LogP contribution >= 0.6 is 0 Å². The summed E-state index contributed by atoms with van der Waals surface area (Å²) in [6, 6.07) is 8.20. The molecule has 4 heteroatoms. The van der Waals surface area contributed by atoms with Gasteiger partial charge in [-0.25, -0.2) is 0 Å². The molecule has 1 aliphatic heterocycles. The van der Waals surface area contributed by atoms with Gasteiger partial charge in [-0.3, -0.25) is 9.59 Å². The molecule has 2 N–H and O–H groups in total. The Hall–Kier alpha value is -1.84. The fraction of sp³-hybridized carbons (Fsp3) is 0.529. The summed E-state index contributed by atoms with van der Waals surface area (Å²) in [5.41, 5.74) is 7.73. The highest BCUT2D eigenvalue weighted by atomic mass is 16.2. The third kappa shape index (κ3) is 2.43. The minimum Gasteiger partial charge on any atom is -0.369 e. The molecule has 0 unspecified atom stereocenters. The highest BCUT2D eigenvalue weighted by molar-refractivity contribution is 6.00. The maximum absolute atomic E-state index is 13.0. The second-order valence-corrected chi connectivity index (χ2v) is 6.29. The van der Waals surface area contributed by atoms with Crippen LogP contribution in [0.1, 0.15) is 38.2 Å². The van der Waals surface area contributed by atoms with Crippen molar-refractivity contribution in [3.05, 3.63) is 29.8 Å².